The zero-order valence-corrected chi connectivity index (χ0v) is 10.5. The van der Waals surface area contributed by atoms with Crippen molar-refractivity contribution >= 4 is 28.1 Å². The van der Waals surface area contributed by atoms with Crippen LogP contribution >= 0.6 is 28.1 Å². The summed E-state index contributed by atoms with van der Waals surface area (Å²) >= 11 is 7.86. The first kappa shape index (κ1) is 12.3. The van der Waals surface area contributed by atoms with Gasteiger partial charge < -0.3 is 0 Å². The number of nitrogens with zero attached hydrogens (tertiary/aromatic N) is 2. The standard InChI is InChI=1S/C9H5BrF3N3S/c10-5-1-2-7(6(3-5)9(11,12)13)16-4-14-15-8(16)17/h1-4H,(H,15,17). The van der Waals surface area contributed by atoms with Gasteiger partial charge in [-0.2, -0.15) is 18.3 Å². The Balaban J connectivity index is 2.71. The Hall–Kier alpha value is -1.15. The summed E-state index contributed by atoms with van der Waals surface area (Å²) in [5.41, 5.74) is -0.830. The highest BCUT2D eigenvalue weighted by Crippen LogP contribution is 2.35. The van der Waals surface area contributed by atoms with Gasteiger partial charge in [-0.1, -0.05) is 15.9 Å². The van der Waals surface area contributed by atoms with Crippen LogP contribution < -0.4 is 0 Å². The summed E-state index contributed by atoms with van der Waals surface area (Å²) in [6.45, 7) is 0. The van der Waals surface area contributed by atoms with Crippen molar-refractivity contribution < 1.29 is 13.2 Å². The molecule has 0 radical (unpaired) electrons. The second-order valence-corrected chi connectivity index (χ2v) is 4.49. The molecule has 1 N–H and O–H groups in total. The number of hydrogen-bond donors (Lipinski definition) is 1. The van der Waals surface area contributed by atoms with Crippen molar-refractivity contribution in [3.05, 3.63) is 39.3 Å². The summed E-state index contributed by atoms with van der Waals surface area (Å²) < 4.78 is 40.2. The Morgan fingerprint density at radius 3 is 2.59 bits per heavy atom. The molecule has 0 bridgehead atoms. The van der Waals surface area contributed by atoms with Gasteiger partial charge in [-0.15, -0.1) is 0 Å². The molecule has 0 aliphatic rings. The van der Waals surface area contributed by atoms with Gasteiger partial charge in [0.2, 0.25) is 0 Å². The average Bonchev–Trinajstić information content (AvgIpc) is 2.63. The van der Waals surface area contributed by atoms with Crippen LogP contribution in [0.25, 0.3) is 5.69 Å². The predicted molar refractivity (Wildman–Crippen MR) is 61.5 cm³/mol. The summed E-state index contributed by atoms with van der Waals surface area (Å²) in [5.74, 6) is 0. The van der Waals surface area contributed by atoms with E-state index in [2.05, 4.69) is 26.1 Å². The Kier molecular flexibility index (Phi) is 3.09. The zero-order valence-electron chi connectivity index (χ0n) is 8.12. The number of alkyl halides is 3. The molecule has 2 rings (SSSR count). The van der Waals surface area contributed by atoms with E-state index in [0.29, 0.717) is 4.47 Å². The molecule has 0 saturated carbocycles. The van der Waals surface area contributed by atoms with E-state index in [1.54, 1.807) is 0 Å². The van der Waals surface area contributed by atoms with Crippen molar-refractivity contribution in [2.24, 2.45) is 0 Å². The van der Waals surface area contributed by atoms with Crippen LogP contribution in [0, 0.1) is 4.77 Å². The van der Waals surface area contributed by atoms with Crippen LogP contribution in [0.2, 0.25) is 0 Å². The first-order valence-corrected chi connectivity index (χ1v) is 5.59. The Bertz CT molecular complexity index is 602. The third-order valence-corrected chi connectivity index (χ3v) is 2.86. The minimum absolute atomic E-state index is 0.0561. The molecule has 0 spiro atoms. The maximum Gasteiger partial charge on any atom is 0.418 e. The molecule has 3 nitrogen and oxygen atoms in total. The lowest BCUT2D eigenvalue weighted by molar-refractivity contribution is -0.137. The molecular formula is C9H5BrF3N3S. The van der Waals surface area contributed by atoms with E-state index in [-0.39, 0.29) is 10.5 Å². The molecule has 1 heterocycles. The summed E-state index contributed by atoms with van der Waals surface area (Å²) in [5, 5.41) is 6.01. The van der Waals surface area contributed by atoms with Gasteiger partial charge >= 0.3 is 6.18 Å². The molecule has 17 heavy (non-hydrogen) atoms. The van der Waals surface area contributed by atoms with Crippen LogP contribution in [0.4, 0.5) is 13.2 Å². The van der Waals surface area contributed by atoms with Crippen LogP contribution in [-0.2, 0) is 6.18 Å². The van der Waals surface area contributed by atoms with Crippen LogP contribution in [0.3, 0.4) is 0 Å². The number of aromatic amines is 1. The molecule has 1 aromatic heterocycles. The van der Waals surface area contributed by atoms with Gasteiger partial charge in [0.05, 0.1) is 11.3 Å². The van der Waals surface area contributed by atoms with E-state index in [1.807, 2.05) is 0 Å². The third-order valence-electron chi connectivity index (χ3n) is 2.08. The van der Waals surface area contributed by atoms with Gasteiger partial charge in [-0.3, -0.25) is 9.67 Å². The second-order valence-electron chi connectivity index (χ2n) is 3.19. The second kappa shape index (κ2) is 4.26. The number of nitrogens with one attached hydrogen (secondary N) is 1. The van der Waals surface area contributed by atoms with Gasteiger partial charge in [0.25, 0.3) is 0 Å². The van der Waals surface area contributed by atoms with Crippen molar-refractivity contribution in [2.45, 2.75) is 6.18 Å². The van der Waals surface area contributed by atoms with Crippen LogP contribution in [0.15, 0.2) is 29.0 Å². The summed E-state index contributed by atoms with van der Waals surface area (Å²) in [6, 6.07) is 3.85. The number of benzene rings is 1. The molecule has 0 atom stereocenters. The Labute approximate surface area is 107 Å². The Morgan fingerprint density at radius 2 is 2.06 bits per heavy atom. The lowest BCUT2D eigenvalue weighted by atomic mass is 10.1. The number of aromatic nitrogens is 3. The molecule has 2 aromatic rings. The van der Waals surface area contributed by atoms with Crippen molar-refractivity contribution in [3.8, 4) is 5.69 Å². The van der Waals surface area contributed by atoms with E-state index in [4.69, 9.17) is 12.2 Å². The monoisotopic (exact) mass is 323 g/mol. The molecule has 0 fully saturated rings. The van der Waals surface area contributed by atoms with Crippen molar-refractivity contribution in [3.63, 3.8) is 0 Å². The number of hydrogen-bond acceptors (Lipinski definition) is 2. The fraction of sp³-hybridized carbons (Fsp3) is 0.111. The third kappa shape index (κ3) is 2.42. The first-order valence-electron chi connectivity index (χ1n) is 4.39. The van der Waals surface area contributed by atoms with Crippen LogP contribution in [0.5, 0.6) is 0 Å². The van der Waals surface area contributed by atoms with E-state index < -0.39 is 11.7 Å². The predicted octanol–water partition coefficient (Wildman–Crippen LogP) is 3.71. The lowest BCUT2D eigenvalue weighted by Gasteiger charge is -2.13. The average molecular weight is 324 g/mol. The van der Waals surface area contributed by atoms with Crippen molar-refractivity contribution in [2.75, 3.05) is 0 Å². The number of halogens is 4. The summed E-state index contributed by atoms with van der Waals surface area (Å²) in [6.07, 6.45) is -3.24. The highest BCUT2D eigenvalue weighted by molar-refractivity contribution is 9.10. The fourth-order valence-corrected chi connectivity index (χ4v) is 1.92. The number of H-pyrrole nitrogens is 1. The molecule has 8 heteroatoms. The number of rotatable bonds is 1. The van der Waals surface area contributed by atoms with Gasteiger partial charge in [0, 0.05) is 4.47 Å². The molecule has 0 aliphatic carbocycles. The molecule has 1 aromatic carbocycles. The van der Waals surface area contributed by atoms with Crippen molar-refractivity contribution in [1.82, 2.24) is 14.8 Å². The minimum atomic E-state index is -4.45. The SMILES string of the molecule is FC(F)(F)c1cc(Br)ccc1-n1cn[nH]c1=S. The zero-order chi connectivity index (χ0) is 12.6. The van der Waals surface area contributed by atoms with Gasteiger partial charge in [-0.05, 0) is 30.4 Å². The minimum Gasteiger partial charge on any atom is -0.274 e. The Morgan fingerprint density at radius 1 is 1.35 bits per heavy atom. The van der Waals surface area contributed by atoms with E-state index in [9.17, 15) is 13.2 Å². The van der Waals surface area contributed by atoms with E-state index >= 15 is 0 Å². The summed E-state index contributed by atoms with van der Waals surface area (Å²) in [7, 11) is 0. The van der Waals surface area contributed by atoms with Crippen molar-refractivity contribution in [1.29, 1.82) is 0 Å². The molecule has 90 valence electrons. The highest BCUT2D eigenvalue weighted by Gasteiger charge is 2.34. The topological polar surface area (TPSA) is 33.6 Å². The van der Waals surface area contributed by atoms with Crippen LogP contribution in [-0.4, -0.2) is 14.8 Å². The maximum absolute atomic E-state index is 12.9. The molecule has 0 aliphatic heterocycles. The largest absolute Gasteiger partial charge is 0.418 e. The first-order chi connectivity index (χ1) is 7.89. The maximum atomic E-state index is 12.9. The highest BCUT2D eigenvalue weighted by atomic mass is 79.9. The van der Waals surface area contributed by atoms with Crippen LogP contribution in [0.1, 0.15) is 5.56 Å². The van der Waals surface area contributed by atoms with Gasteiger partial charge in [0.15, 0.2) is 4.77 Å². The molecule has 0 amide bonds. The molecular weight excluding hydrogens is 319 g/mol. The molecule has 0 saturated heterocycles. The smallest absolute Gasteiger partial charge is 0.274 e. The fourth-order valence-electron chi connectivity index (χ4n) is 1.37. The summed E-state index contributed by atoms with van der Waals surface area (Å²) in [4.78, 5) is 0. The molecule has 0 unspecified atom stereocenters. The quantitative estimate of drug-likeness (QED) is 0.812. The lowest BCUT2D eigenvalue weighted by Crippen LogP contribution is -2.10. The van der Waals surface area contributed by atoms with Gasteiger partial charge in [-0.25, -0.2) is 0 Å². The van der Waals surface area contributed by atoms with E-state index in [0.717, 1.165) is 6.07 Å². The van der Waals surface area contributed by atoms with Gasteiger partial charge in [0.1, 0.15) is 6.33 Å². The normalized spacial score (nSPS) is 11.8. The van der Waals surface area contributed by atoms with E-state index in [1.165, 1.54) is 23.0 Å².